The molecule has 0 saturated carbocycles. The third kappa shape index (κ3) is 15.9. The van der Waals surface area contributed by atoms with Gasteiger partial charge in [0.05, 0.1) is 0 Å². The Hall–Kier alpha value is -2.12. The Morgan fingerprint density at radius 1 is 1.05 bits per heavy atom. The van der Waals surface area contributed by atoms with Gasteiger partial charge < -0.3 is 20.4 Å². The van der Waals surface area contributed by atoms with E-state index in [1.165, 1.54) is 6.08 Å². The first-order chi connectivity index (χ1) is 9.20. The second-order valence-corrected chi connectivity index (χ2v) is 3.74. The van der Waals surface area contributed by atoms with Gasteiger partial charge in [0.25, 0.3) is 0 Å². The Bertz CT molecular complexity index is 408. The molecule has 0 atom stereocenters. The third-order valence-corrected chi connectivity index (χ3v) is 1.69. The van der Waals surface area contributed by atoms with Crippen LogP contribution in [-0.2, 0) is 14.4 Å². The first-order valence-electron chi connectivity index (χ1n) is 5.23. The van der Waals surface area contributed by atoms with Crippen LogP contribution in [0.5, 0.6) is 0 Å². The predicted molar refractivity (Wildman–Crippen MR) is 71.4 cm³/mol. The van der Waals surface area contributed by atoms with Crippen LogP contribution in [0.15, 0.2) is 35.4 Å². The summed E-state index contributed by atoms with van der Waals surface area (Å²) in [6, 6.07) is 0. The number of carboxylic acids is 3. The number of carbonyl (C=O) groups is 3. The molecule has 0 saturated heterocycles. The number of aliphatic hydroxyl groups is 1. The van der Waals surface area contributed by atoms with Gasteiger partial charge in [0.1, 0.15) is 0 Å². The molecule has 8 heteroatoms. The monoisotopic (exact) mass is 306 g/mol. The van der Waals surface area contributed by atoms with Gasteiger partial charge in [0.15, 0.2) is 0 Å². The van der Waals surface area contributed by atoms with Crippen LogP contribution in [0.25, 0.3) is 0 Å². The second-order valence-electron chi connectivity index (χ2n) is 3.26. The number of carboxylic acid groups (broad SMARTS) is 3. The molecule has 20 heavy (non-hydrogen) atoms. The lowest BCUT2D eigenvalue weighted by Crippen LogP contribution is -2.01. The molecule has 112 valence electrons. The normalized spacial score (nSPS) is 10.6. The van der Waals surface area contributed by atoms with Crippen LogP contribution in [0.4, 0.5) is 0 Å². The molecule has 0 radical (unpaired) electrons. The van der Waals surface area contributed by atoms with E-state index < -0.39 is 17.9 Å². The highest BCUT2D eigenvalue weighted by atomic mass is 35.5. The van der Waals surface area contributed by atoms with Crippen molar-refractivity contribution in [1.82, 2.24) is 0 Å². The van der Waals surface area contributed by atoms with E-state index in [4.69, 9.17) is 32.0 Å². The van der Waals surface area contributed by atoms with Crippen molar-refractivity contribution < 1.29 is 34.8 Å². The van der Waals surface area contributed by atoms with Crippen molar-refractivity contribution in [2.24, 2.45) is 0 Å². The highest BCUT2D eigenvalue weighted by molar-refractivity contribution is 6.31. The van der Waals surface area contributed by atoms with Crippen LogP contribution in [0.2, 0.25) is 0 Å². The Morgan fingerprint density at radius 3 is 1.75 bits per heavy atom. The lowest BCUT2D eigenvalue weighted by atomic mass is 10.1. The van der Waals surface area contributed by atoms with Crippen LogP contribution < -0.4 is 0 Å². The standard InChI is InChI=1S/C8H11ClO3.C4H4O4/c1-6(9)5-7(8(11)12)3-2-4-10;5-3(6)1-2-4(7)8/h5,10H,1-4H2,(H,11,12);1-2H,(H,5,6)(H,7,8)/b;2-1-. The summed E-state index contributed by atoms with van der Waals surface area (Å²) in [6.07, 6.45) is 3.13. The SMILES string of the molecule is C=C(Cl)C=C(CCCO)C(=O)O.O=C(O)/C=C\C(=O)O. The summed E-state index contributed by atoms with van der Waals surface area (Å²) in [4.78, 5) is 29.6. The zero-order valence-electron chi connectivity index (χ0n) is 10.5. The molecule has 0 aliphatic heterocycles. The van der Waals surface area contributed by atoms with Crippen LogP contribution in [0.3, 0.4) is 0 Å². The number of aliphatic hydroxyl groups excluding tert-OH is 1. The minimum Gasteiger partial charge on any atom is -0.478 e. The van der Waals surface area contributed by atoms with Crippen molar-refractivity contribution in [2.45, 2.75) is 12.8 Å². The van der Waals surface area contributed by atoms with E-state index in [9.17, 15) is 14.4 Å². The van der Waals surface area contributed by atoms with Gasteiger partial charge >= 0.3 is 17.9 Å². The van der Waals surface area contributed by atoms with E-state index in [0.717, 1.165) is 0 Å². The molecule has 0 rings (SSSR count). The van der Waals surface area contributed by atoms with Crippen molar-refractivity contribution in [3.05, 3.63) is 35.4 Å². The van der Waals surface area contributed by atoms with E-state index >= 15 is 0 Å². The maximum Gasteiger partial charge on any atom is 0.331 e. The number of rotatable bonds is 7. The van der Waals surface area contributed by atoms with Gasteiger partial charge in [0.2, 0.25) is 0 Å². The van der Waals surface area contributed by atoms with E-state index in [1.807, 2.05) is 0 Å². The zero-order chi connectivity index (χ0) is 16.1. The first kappa shape index (κ1) is 20.2. The predicted octanol–water partition coefficient (Wildman–Crippen LogP) is 1.23. The van der Waals surface area contributed by atoms with Crippen molar-refractivity contribution >= 4 is 29.5 Å². The lowest BCUT2D eigenvalue weighted by molar-refractivity contribution is -0.134. The van der Waals surface area contributed by atoms with E-state index in [2.05, 4.69) is 6.58 Å². The average Bonchev–Trinajstić information content (AvgIpc) is 2.32. The minimum atomic E-state index is -1.26. The maximum atomic E-state index is 10.5. The van der Waals surface area contributed by atoms with Gasteiger partial charge in [-0.2, -0.15) is 0 Å². The van der Waals surface area contributed by atoms with Gasteiger partial charge in [0, 0.05) is 29.4 Å². The largest absolute Gasteiger partial charge is 0.478 e. The Labute approximate surface area is 120 Å². The number of halogens is 1. The van der Waals surface area contributed by atoms with E-state index in [1.54, 1.807) is 0 Å². The molecule has 0 unspecified atom stereocenters. The lowest BCUT2D eigenvalue weighted by Gasteiger charge is -1.99. The molecule has 0 spiro atoms. The third-order valence-electron chi connectivity index (χ3n) is 1.58. The van der Waals surface area contributed by atoms with E-state index in [-0.39, 0.29) is 17.2 Å². The van der Waals surface area contributed by atoms with Crippen molar-refractivity contribution in [2.75, 3.05) is 6.61 Å². The van der Waals surface area contributed by atoms with Gasteiger partial charge in [-0.3, -0.25) is 0 Å². The quantitative estimate of drug-likeness (QED) is 0.411. The molecule has 0 aromatic heterocycles. The summed E-state index contributed by atoms with van der Waals surface area (Å²) < 4.78 is 0. The summed E-state index contributed by atoms with van der Waals surface area (Å²) in [5.74, 6) is -3.54. The smallest absolute Gasteiger partial charge is 0.331 e. The highest BCUT2D eigenvalue weighted by Gasteiger charge is 2.05. The molecule has 0 aliphatic carbocycles. The Balaban J connectivity index is 0. The minimum absolute atomic E-state index is 0.0284. The average molecular weight is 307 g/mol. The summed E-state index contributed by atoms with van der Waals surface area (Å²) in [5, 5.41) is 32.9. The van der Waals surface area contributed by atoms with Crippen LogP contribution in [0, 0.1) is 0 Å². The van der Waals surface area contributed by atoms with Crippen LogP contribution in [0.1, 0.15) is 12.8 Å². The number of hydrogen-bond donors (Lipinski definition) is 4. The number of hydrogen-bond acceptors (Lipinski definition) is 4. The first-order valence-corrected chi connectivity index (χ1v) is 5.61. The van der Waals surface area contributed by atoms with Gasteiger partial charge in [-0.05, 0) is 18.9 Å². The zero-order valence-corrected chi connectivity index (χ0v) is 11.2. The number of aliphatic carboxylic acids is 3. The molecule has 0 aromatic carbocycles. The summed E-state index contributed by atoms with van der Waals surface area (Å²) in [6.45, 7) is 3.32. The molecule has 0 aromatic rings. The van der Waals surface area contributed by atoms with E-state index in [0.29, 0.717) is 25.0 Å². The van der Waals surface area contributed by atoms with Crippen molar-refractivity contribution in [3.63, 3.8) is 0 Å². The highest BCUT2D eigenvalue weighted by Crippen LogP contribution is 2.10. The van der Waals surface area contributed by atoms with Crippen molar-refractivity contribution in [3.8, 4) is 0 Å². The molecular weight excluding hydrogens is 292 g/mol. The maximum absolute atomic E-state index is 10.5. The fraction of sp³-hybridized carbons (Fsp3) is 0.250. The number of allylic oxidation sites excluding steroid dienone is 2. The summed E-state index contributed by atoms with van der Waals surface area (Å²) in [7, 11) is 0. The molecule has 7 nitrogen and oxygen atoms in total. The fourth-order valence-corrected chi connectivity index (χ4v) is 0.974. The molecule has 0 amide bonds. The van der Waals surface area contributed by atoms with Crippen LogP contribution >= 0.6 is 11.6 Å². The van der Waals surface area contributed by atoms with Crippen LogP contribution in [-0.4, -0.2) is 44.9 Å². The van der Waals surface area contributed by atoms with Gasteiger partial charge in [-0.15, -0.1) is 0 Å². The molecular formula is C12H15ClO7. The molecule has 4 N–H and O–H groups in total. The topological polar surface area (TPSA) is 132 Å². The Kier molecular flexibility index (Phi) is 12.1. The molecule has 0 aliphatic rings. The summed E-state index contributed by atoms with van der Waals surface area (Å²) in [5.41, 5.74) is 0.170. The summed E-state index contributed by atoms with van der Waals surface area (Å²) >= 11 is 5.40. The Morgan fingerprint density at radius 2 is 1.50 bits per heavy atom. The fourth-order valence-electron chi connectivity index (χ4n) is 0.842. The van der Waals surface area contributed by atoms with Gasteiger partial charge in [-0.25, -0.2) is 14.4 Å². The van der Waals surface area contributed by atoms with Gasteiger partial charge in [-0.1, -0.05) is 18.2 Å². The molecule has 0 bridgehead atoms. The van der Waals surface area contributed by atoms with Crippen molar-refractivity contribution in [1.29, 1.82) is 0 Å². The second kappa shape index (κ2) is 11.9. The molecule has 0 fully saturated rings. The molecule has 0 heterocycles.